The average molecular weight is 310 g/mol. The standard InChI is InChI=1S/C21H30N2/c1-7-20(21-14-22-19(6)23-15-21)13-12-18(5)11-10-17(4)9-8-16(2)3/h7,12-16H,1,4,8-11H2,2-3,5-6H3/b18-12+,20-13+. The summed E-state index contributed by atoms with van der Waals surface area (Å²) in [6.07, 6.45) is 14.3. The van der Waals surface area contributed by atoms with Crippen molar-refractivity contribution >= 4 is 5.57 Å². The van der Waals surface area contributed by atoms with E-state index in [0.29, 0.717) is 0 Å². The Balaban J connectivity index is 2.60. The lowest BCUT2D eigenvalue weighted by atomic mass is 9.98. The summed E-state index contributed by atoms with van der Waals surface area (Å²) in [5.41, 5.74) is 4.74. The van der Waals surface area contributed by atoms with Crippen LogP contribution in [-0.2, 0) is 0 Å². The first-order valence-electron chi connectivity index (χ1n) is 8.38. The highest BCUT2D eigenvalue weighted by atomic mass is 14.8. The highest BCUT2D eigenvalue weighted by Crippen LogP contribution is 2.18. The van der Waals surface area contributed by atoms with Crippen LogP contribution < -0.4 is 0 Å². The van der Waals surface area contributed by atoms with E-state index in [4.69, 9.17) is 0 Å². The molecule has 0 N–H and O–H groups in total. The number of aryl methyl sites for hydroxylation is 1. The maximum Gasteiger partial charge on any atom is 0.125 e. The van der Waals surface area contributed by atoms with Crippen LogP contribution in [0.1, 0.15) is 57.8 Å². The molecule has 0 aromatic carbocycles. The van der Waals surface area contributed by atoms with Crippen molar-refractivity contribution in [1.29, 1.82) is 0 Å². The monoisotopic (exact) mass is 310 g/mol. The molecule has 23 heavy (non-hydrogen) atoms. The first kappa shape index (κ1) is 19.1. The summed E-state index contributed by atoms with van der Waals surface area (Å²) >= 11 is 0. The fraction of sp³-hybridized carbons (Fsp3) is 0.429. The van der Waals surface area contributed by atoms with Crippen molar-refractivity contribution in [2.45, 2.75) is 53.4 Å². The van der Waals surface area contributed by atoms with Crippen LogP contribution in [0, 0.1) is 12.8 Å². The van der Waals surface area contributed by atoms with E-state index in [1.165, 1.54) is 17.6 Å². The molecule has 0 atom stereocenters. The zero-order valence-electron chi connectivity index (χ0n) is 15.1. The van der Waals surface area contributed by atoms with Crippen molar-refractivity contribution in [1.82, 2.24) is 9.97 Å². The second-order valence-electron chi connectivity index (χ2n) is 6.54. The van der Waals surface area contributed by atoms with Gasteiger partial charge in [-0.05, 0) is 51.0 Å². The quantitative estimate of drug-likeness (QED) is 0.408. The van der Waals surface area contributed by atoms with E-state index in [-0.39, 0.29) is 0 Å². The minimum absolute atomic E-state index is 0.748. The molecule has 0 aliphatic heterocycles. The molecular weight excluding hydrogens is 280 g/mol. The van der Waals surface area contributed by atoms with Crippen molar-refractivity contribution in [2.75, 3.05) is 0 Å². The molecule has 0 radical (unpaired) electrons. The molecule has 0 saturated heterocycles. The molecule has 0 unspecified atom stereocenters. The number of allylic oxidation sites excluding steroid dienone is 6. The number of aromatic nitrogens is 2. The highest BCUT2D eigenvalue weighted by Gasteiger charge is 2.00. The van der Waals surface area contributed by atoms with Gasteiger partial charge in [0, 0.05) is 18.0 Å². The van der Waals surface area contributed by atoms with E-state index < -0.39 is 0 Å². The van der Waals surface area contributed by atoms with Crippen molar-refractivity contribution in [3.05, 3.63) is 66.3 Å². The molecule has 1 aromatic heterocycles. The average Bonchev–Trinajstić information content (AvgIpc) is 2.53. The van der Waals surface area contributed by atoms with Gasteiger partial charge in [0.2, 0.25) is 0 Å². The lowest BCUT2D eigenvalue weighted by Crippen LogP contribution is -1.91. The topological polar surface area (TPSA) is 25.8 Å². The third-order valence-corrected chi connectivity index (χ3v) is 3.83. The molecule has 1 heterocycles. The lowest BCUT2D eigenvalue weighted by molar-refractivity contribution is 0.577. The Morgan fingerprint density at radius 2 is 1.78 bits per heavy atom. The van der Waals surface area contributed by atoms with Gasteiger partial charge in [-0.15, -0.1) is 0 Å². The van der Waals surface area contributed by atoms with Gasteiger partial charge in [0.25, 0.3) is 0 Å². The summed E-state index contributed by atoms with van der Waals surface area (Å²) in [4.78, 5) is 8.47. The van der Waals surface area contributed by atoms with E-state index in [1.54, 1.807) is 0 Å². The second kappa shape index (κ2) is 9.94. The molecule has 0 saturated carbocycles. The van der Waals surface area contributed by atoms with Gasteiger partial charge < -0.3 is 0 Å². The van der Waals surface area contributed by atoms with Gasteiger partial charge in [-0.2, -0.15) is 0 Å². The SMILES string of the molecule is C=C/C(=C\C=C(/C)CCC(=C)CCC(C)C)c1cnc(C)nc1. The van der Waals surface area contributed by atoms with Crippen LogP contribution in [0.4, 0.5) is 0 Å². The molecule has 1 rings (SSSR count). The molecule has 0 fully saturated rings. The van der Waals surface area contributed by atoms with E-state index >= 15 is 0 Å². The predicted octanol–water partition coefficient (Wildman–Crippen LogP) is 6.07. The van der Waals surface area contributed by atoms with E-state index in [9.17, 15) is 0 Å². The summed E-state index contributed by atoms with van der Waals surface area (Å²) in [6.45, 7) is 16.6. The zero-order chi connectivity index (χ0) is 17.2. The second-order valence-corrected chi connectivity index (χ2v) is 6.54. The van der Waals surface area contributed by atoms with Gasteiger partial charge in [-0.1, -0.05) is 56.4 Å². The smallest absolute Gasteiger partial charge is 0.125 e. The molecule has 124 valence electrons. The molecule has 2 nitrogen and oxygen atoms in total. The van der Waals surface area contributed by atoms with Crippen LogP contribution in [0.3, 0.4) is 0 Å². The third-order valence-electron chi connectivity index (χ3n) is 3.83. The summed E-state index contributed by atoms with van der Waals surface area (Å²) in [5.74, 6) is 1.53. The van der Waals surface area contributed by atoms with Crippen LogP contribution in [0.2, 0.25) is 0 Å². The van der Waals surface area contributed by atoms with Gasteiger partial charge in [0.05, 0.1) is 0 Å². The molecule has 0 aliphatic carbocycles. The van der Waals surface area contributed by atoms with Gasteiger partial charge in [0.1, 0.15) is 5.82 Å². The largest absolute Gasteiger partial charge is 0.241 e. The Morgan fingerprint density at radius 1 is 1.13 bits per heavy atom. The van der Waals surface area contributed by atoms with Gasteiger partial charge in [-0.3, -0.25) is 0 Å². The molecule has 0 aliphatic rings. The molecule has 0 bridgehead atoms. The van der Waals surface area contributed by atoms with Crippen LogP contribution >= 0.6 is 0 Å². The Labute approximate surface area is 141 Å². The highest BCUT2D eigenvalue weighted by molar-refractivity contribution is 5.73. The first-order chi connectivity index (χ1) is 10.9. The number of hydrogen-bond donors (Lipinski definition) is 0. The predicted molar refractivity (Wildman–Crippen MR) is 101 cm³/mol. The van der Waals surface area contributed by atoms with E-state index in [1.807, 2.05) is 25.4 Å². The van der Waals surface area contributed by atoms with Crippen LogP contribution in [-0.4, -0.2) is 9.97 Å². The summed E-state index contributed by atoms with van der Waals surface area (Å²) in [7, 11) is 0. The Bertz CT molecular complexity index is 574. The first-order valence-corrected chi connectivity index (χ1v) is 8.38. The van der Waals surface area contributed by atoms with Gasteiger partial charge in [-0.25, -0.2) is 9.97 Å². The molecule has 2 heteroatoms. The fourth-order valence-corrected chi connectivity index (χ4v) is 2.13. The Hall–Kier alpha value is -1.96. The van der Waals surface area contributed by atoms with Crippen molar-refractivity contribution in [3.63, 3.8) is 0 Å². The normalized spacial score (nSPS) is 12.6. The maximum atomic E-state index is 4.24. The lowest BCUT2D eigenvalue weighted by Gasteiger charge is -2.08. The maximum absolute atomic E-state index is 4.24. The van der Waals surface area contributed by atoms with Crippen LogP contribution in [0.15, 0.2) is 54.9 Å². The minimum Gasteiger partial charge on any atom is -0.241 e. The Kier molecular flexibility index (Phi) is 8.25. The Morgan fingerprint density at radius 3 is 2.35 bits per heavy atom. The van der Waals surface area contributed by atoms with E-state index in [2.05, 4.69) is 56.0 Å². The fourth-order valence-electron chi connectivity index (χ4n) is 2.13. The number of rotatable bonds is 9. The molecular formula is C21H30N2. The number of nitrogens with zero attached hydrogens (tertiary/aromatic N) is 2. The molecule has 0 amide bonds. The zero-order valence-corrected chi connectivity index (χ0v) is 15.1. The molecule has 1 aromatic rings. The summed E-state index contributed by atoms with van der Waals surface area (Å²) < 4.78 is 0. The van der Waals surface area contributed by atoms with Crippen LogP contribution in [0.25, 0.3) is 5.57 Å². The van der Waals surface area contributed by atoms with Crippen molar-refractivity contribution in [3.8, 4) is 0 Å². The number of hydrogen-bond acceptors (Lipinski definition) is 2. The van der Waals surface area contributed by atoms with Crippen molar-refractivity contribution < 1.29 is 0 Å². The van der Waals surface area contributed by atoms with Crippen LogP contribution in [0.5, 0.6) is 0 Å². The third kappa shape index (κ3) is 7.73. The van der Waals surface area contributed by atoms with E-state index in [0.717, 1.165) is 42.1 Å². The minimum atomic E-state index is 0.748. The van der Waals surface area contributed by atoms with Gasteiger partial charge in [0.15, 0.2) is 0 Å². The van der Waals surface area contributed by atoms with Crippen molar-refractivity contribution in [2.24, 2.45) is 5.92 Å². The van der Waals surface area contributed by atoms with Gasteiger partial charge >= 0.3 is 0 Å². The summed E-state index contributed by atoms with van der Waals surface area (Å²) in [5, 5.41) is 0. The molecule has 0 spiro atoms. The summed E-state index contributed by atoms with van der Waals surface area (Å²) in [6, 6.07) is 0.